The van der Waals surface area contributed by atoms with Crippen molar-refractivity contribution in [3.05, 3.63) is 12.2 Å². The number of nitriles is 1. The van der Waals surface area contributed by atoms with Crippen LogP contribution in [0.15, 0.2) is 12.2 Å². The van der Waals surface area contributed by atoms with Gasteiger partial charge in [0.25, 0.3) is 0 Å². The molecule has 0 aromatic carbocycles. The lowest BCUT2D eigenvalue weighted by Crippen LogP contribution is -2.23. The second kappa shape index (κ2) is 4.81. The zero-order chi connectivity index (χ0) is 14.1. The molecule has 0 aliphatic heterocycles. The van der Waals surface area contributed by atoms with E-state index in [1.807, 2.05) is 19.9 Å². The smallest absolute Gasteiger partial charge is 0.309 e. The van der Waals surface area contributed by atoms with Crippen LogP contribution < -0.4 is 0 Å². The van der Waals surface area contributed by atoms with E-state index >= 15 is 0 Å². The minimum Gasteiger partial charge on any atom is -0.469 e. The van der Waals surface area contributed by atoms with Gasteiger partial charge in [0.15, 0.2) is 0 Å². The molecule has 0 amide bonds. The number of ether oxygens (including phenoxy) is 2. The fourth-order valence-electron chi connectivity index (χ4n) is 2.42. The molecule has 0 spiro atoms. The monoisotopic (exact) mass is 251 g/mol. The highest BCUT2D eigenvalue weighted by Crippen LogP contribution is 2.61. The van der Waals surface area contributed by atoms with Crippen LogP contribution in [0.1, 0.15) is 20.8 Å². The molecule has 1 saturated carbocycles. The van der Waals surface area contributed by atoms with Gasteiger partial charge in [-0.3, -0.25) is 9.59 Å². The molecule has 0 N–H and O–H groups in total. The molecule has 5 nitrogen and oxygen atoms in total. The molecule has 0 aromatic rings. The van der Waals surface area contributed by atoms with E-state index in [-0.39, 0.29) is 28.8 Å². The summed E-state index contributed by atoms with van der Waals surface area (Å²) in [6.45, 7) is 8.60. The molecule has 1 aliphatic carbocycles. The first-order valence-electron chi connectivity index (χ1n) is 5.61. The number of carbonyl (C=O) groups is 2. The third-order valence-electron chi connectivity index (χ3n) is 3.47. The molecule has 0 radical (unpaired) electrons. The highest BCUT2D eigenvalue weighted by Gasteiger charge is 2.67. The minimum absolute atomic E-state index is 0.148. The van der Waals surface area contributed by atoms with E-state index in [2.05, 4.69) is 6.58 Å². The van der Waals surface area contributed by atoms with E-state index in [0.29, 0.717) is 0 Å². The van der Waals surface area contributed by atoms with Gasteiger partial charge in [-0.05, 0) is 5.41 Å². The van der Waals surface area contributed by atoms with Gasteiger partial charge in [-0.2, -0.15) is 5.26 Å². The Morgan fingerprint density at radius 1 is 1.44 bits per heavy atom. The Balaban J connectivity index is 2.95. The zero-order valence-electron chi connectivity index (χ0n) is 11.0. The lowest BCUT2D eigenvalue weighted by Gasteiger charge is -2.16. The van der Waals surface area contributed by atoms with Crippen molar-refractivity contribution in [2.45, 2.75) is 26.9 Å². The summed E-state index contributed by atoms with van der Waals surface area (Å²) < 4.78 is 9.84. The Hall–Kier alpha value is -1.83. The molecular formula is C13H17NO4. The molecule has 3 unspecified atom stereocenters. The van der Waals surface area contributed by atoms with Crippen molar-refractivity contribution >= 4 is 11.9 Å². The average Bonchev–Trinajstić information content (AvgIpc) is 2.86. The molecule has 1 fully saturated rings. The number of esters is 2. The Morgan fingerprint density at radius 2 is 2.00 bits per heavy atom. The minimum atomic E-state index is -0.758. The Bertz CT molecular complexity index is 433. The predicted octanol–water partition coefficient (Wildman–Crippen LogP) is 1.44. The molecule has 98 valence electrons. The number of rotatable bonds is 4. The van der Waals surface area contributed by atoms with Gasteiger partial charge in [0.05, 0.1) is 24.7 Å². The summed E-state index contributed by atoms with van der Waals surface area (Å²) in [7, 11) is 1.31. The SMILES string of the molecule is C=C(C#N)C(OC(C)=O)C1C(C(=O)OC)C1(C)C. The number of methoxy groups -OCH3 is 1. The Morgan fingerprint density at radius 3 is 2.39 bits per heavy atom. The third-order valence-corrected chi connectivity index (χ3v) is 3.47. The normalized spacial score (nSPS) is 25.5. The fourth-order valence-corrected chi connectivity index (χ4v) is 2.42. The summed E-state index contributed by atoms with van der Waals surface area (Å²) >= 11 is 0. The molecule has 0 saturated heterocycles. The topological polar surface area (TPSA) is 76.4 Å². The van der Waals surface area contributed by atoms with E-state index in [9.17, 15) is 9.59 Å². The van der Waals surface area contributed by atoms with Gasteiger partial charge in [0, 0.05) is 12.8 Å². The molecule has 5 heteroatoms. The van der Waals surface area contributed by atoms with Crippen LogP contribution >= 0.6 is 0 Å². The van der Waals surface area contributed by atoms with Gasteiger partial charge >= 0.3 is 11.9 Å². The number of hydrogen-bond donors (Lipinski definition) is 0. The van der Waals surface area contributed by atoms with E-state index in [1.54, 1.807) is 0 Å². The second-order valence-corrected chi connectivity index (χ2v) is 5.02. The predicted molar refractivity (Wildman–Crippen MR) is 63.1 cm³/mol. The maximum Gasteiger partial charge on any atom is 0.309 e. The Kier molecular flexibility index (Phi) is 3.80. The highest BCUT2D eigenvalue weighted by atomic mass is 16.5. The van der Waals surface area contributed by atoms with Gasteiger partial charge in [-0.25, -0.2) is 0 Å². The van der Waals surface area contributed by atoms with Crippen LogP contribution in [-0.4, -0.2) is 25.2 Å². The van der Waals surface area contributed by atoms with Gasteiger partial charge < -0.3 is 9.47 Å². The van der Waals surface area contributed by atoms with Gasteiger partial charge in [0.2, 0.25) is 0 Å². The quantitative estimate of drug-likeness (QED) is 0.558. The summed E-state index contributed by atoms with van der Waals surface area (Å²) in [5.74, 6) is -1.49. The van der Waals surface area contributed by atoms with E-state index in [4.69, 9.17) is 14.7 Å². The van der Waals surface area contributed by atoms with Gasteiger partial charge in [0.1, 0.15) is 6.10 Å². The number of carbonyl (C=O) groups excluding carboxylic acids is 2. The van der Waals surface area contributed by atoms with Gasteiger partial charge in [-0.1, -0.05) is 20.4 Å². The molecule has 0 aromatic heterocycles. The summed E-state index contributed by atoms with van der Waals surface area (Å²) in [4.78, 5) is 22.7. The van der Waals surface area contributed by atoms with Crippen LogP contribution in [0.4, 0.5) is 0 Å². The zero-order valence-corrected chi connectivity index (χ0v) is 11.0. The van der Waals surface area contributed by atoms with Crippen molar-refractivity contribution in [2.24, 2.45) is 17.3 Å². The molecule has 0 heterocycles. The third kappa shape index (κ3) is 2.37. The van der Waals surface area contributed by atoms with E-state index in [0.717, 1.165) is 0 Å². The van der Waals surface area contributed by atoms with Crippen molar-refractivity contribution < 1.29 is 19.1 Å². The first-order chi connectivity index (χ1) is 8.27. The van der Waals surface area contributed by atoms with Crippen molar-refractivity contribution in [2.75, 3.05) is 7.11 Å². The van der Waals surface area contributed by atoms with Crippen LogP contribution in [0.5, 0.6) is 0 Å². The number of nitrogens with zero attached hydrogens (tertiary/aromatic N) is 1. The first-order valence-corrected chi connectivity index (χ1v) is 5.61. The molecule has 0 bridgehead atoms. The average molecular weight is 251 g/mol. The largest absolute Gasteiger partial charge is 0.469 e. The lowest BCUT2D eigenvalue weighted by atomic mass is 10.0. The molecule has 1 aliphatic rings. The number of hydrogen-bond acceptors (Lipinski definition) is 5. The molecule has 3 atom stereocenters. The van der Waals surface area contributed by atoms with Crippen molar-refractivity contribution in [1.82, 2.24) is 0 Å². The summed E-state index contributed by atoms with van der Waals surface area (Å²) in [6, 6.07) is 1.88. The van der Waals surface area contributed by atoms with Crippen molar-refractivity contribution in [3.63, 3.8) is 0 Å². The van der Waals surface area contributed by atoms with Crippen LogP contribution in [0.2, 0.25) is 0 Å². The van der Waals surface area contributed by atoms with Crippen LogP contribution in [0.3, 0.4) is 0 Å². The van der Waals surface area contributed by atoms with Gasteiger partial charge in [-0.15, -0.1) is 0 Å². The molecule has 18 heavy (non-hydrogen) atoms. The second-order valence-electron chi connectivity index (χ2n) is 5.02. The van der Waals surface area contributed by atoms with Crippen molar-refractivity contribution in [1.29, 1.82) is 5.26 Å². The summed E-state index contributed by atoms with van der Waals surface area (Å²) in [5, 5.41) is 8.89. The summed E-state index contributed by atoms with van der Waals surface area (Å²) in [6.07, 6.45) is -0.758. The van der Waals surface area contributed by atoms with Crippen LogP contribution in [-0.2, 0) is 19.1 Å². The Labute approximate surface area is 106 Å². The standard InChI is InChI=1S/C13H17NO4/c1-7(6-14)11(18-8(2)15)9-10(12(16)17-5)13(9,3)4/h9-11H,1H2,2-5H3. The van der Waals surface area contributed by atoms with Crippen molar-refractivity contribution in [3.8, 4) is 6.07 Å². The molecular weight excluding hydrogens is 234 g/mol. The van der Waals surface area contributed by atoms with Crippen LogP contribution in [0, 0.1) is 28.6 Å². The lowest BCUT2D eigenvalue weighted by molar-refractivity contribution is -0.148. The summed E-state index contributed by atoms with van der Waals surface area (Å²) in [5.41, 5.74) is -0.220. The highest BCUT2D eigenvalue weighted by molar-refractivity contribution is 5.78. The maximum atomic E-state index is 11.6. The van der Waals surface area contributed by atoms with Crippen LogP contribution in [0.25, 0.3) is 0 Å². The van der Waals surface area contributed by atoms with E-state index in [1.165, 1.54) is 14.0 Å². The molecule has 1 rings (SSSR count). The van der Waals surface area contributed by atoms with E-state index < -0.39 is 12.1 Å². The maximum absolute atomic E-state index is 11.6. The first kappa shape index (κ1) is 14.2. The fraction of sp³-hybridized carbons (Fsp3) is 0.615.